The van der Waals surface area contributed by atoms with Gasteiger partial charge in [0.25, 0.3) is 0 Å². The Morgan fingerprint density at radius 3 is 2.27 bits per heavy atom. The molecule has 4 N–H and O–H groups in total. The number of nitrogen functional groups attached to an aromatic ring is 1. The lowest BCUT2D eigenvalue weighted by molar-refractivity contribution is -0.0482. The van der Waals surface area contributed by atoms with Crippen LogP contribution in [-0.4, -0.2) is 92.7 Å². The van der Waals surface area contributed by atoms with E-state index in [1.54, 1.807) is 6.92 Å². The molecule has 3 fully saturated rings. The van der Waals surface area contributed by atoms with E-state index in [1.165, 1.54) is 34.4 Å². The molecule has 236 valence electrons. The molecule has 0 bridgehead atoms. The third-order valence-corrected chi connectivity index (χ3v) is 11.0. The first-order valence-corrected chi connectivity index (χ1v) is 18.4. The zero-order valence-electron chi connectivity index (χ0n) is 22.6. The summed E-state index contributed by atoms with van der Waals surface area (Å²) in [5.74, 6) is -0.677. The number of hydrogen-bond acceptors (Lipinski definition) is 14. The molecule has 0 aromatic carbocycles. The van der Waals surface area contributed by atoms with Crippen LogP contribution in [0.15, 0.2) is 25.3 Å². The maximum atomic E-state index is 16.1. The molecular formula is C22H25F2N9O7P2S2. The lowest BCUT2D eigenvalue weighted by Gasteiger charge is -2.30. The molecular weight excluding hydrogens is 666 g/mol. The lowest BCUT2D eigenvalue weighted by atomic mass is 10.1. The normalized spacial score (nSPS) is 38.3. The number of hydrogen-bond donors (Lipinski definition) is 3. The predicted molar refractivity (Wildman–Crippen MR) is 155 cm³/mol. The van der Waals surface area contributed by atoms with Gasteiger partial charge in [0.05, 0.1) is 37.6 Å². The fourth-order valence-electron chi connectivity index (χ4n) is 5.80. The van der Waals surface area contributed by atoms with Crippen LogP contribution in [0, 0.1) is 12.8 Å². The maximum absolute atomic E-state index is 16.1. The largest absolute Gasteiger partial charge is 0.382 e. The van der Waals surface area contributed by atoms with E-state index < -0.39 is 68.9 Å². The van der Waals surface area contributed by atoms with Gasteiger partial charge in [0, 0.05) is 5.92 Å². The molecule has 0 spiro atoms. The number of aryl methyl sites for hydroxylation is 1. The van der Waals surface area contributed by atoms with Crippen LogP contribution in [0.2, 0.25) is 0 Å². The number of fused-ring (bicyclic) bond motifs is 4. The highest BCUT2D eigenvalue weighted by Gasteiger charge is 2.53. The molecule has 2 unspecified atom stereocenters. The van der Waals surface area contributed by atoms with Gasteiger partial charge in [0.1, 0.15) is 48.2 Å². The number of halogens is 2. The quantitative estimate of drug-likeness (QED) is 0.257. The SMILES string of the molecule is Cc1ncnc2c1ncn2[C@@H]1O[C@@H]2COP(O)(=S)O[C@@H]3[C@@H](COP(O)(=S)O[C@H]2[C@H]1F)C[C@@H](n1cnc2c(N)ncnc21)[C@@H]3F. The van der Waals surface area contributed by atoms with Crippen LogP contribution < -0.4 is 5.73 Å². The molecule has 7 rings (SSSR count). The maximum Gasteiger partial charge on any atom is 0.325 e. The third-order valence-electron chi connectivity index (χ3n) is 7.88. The van der Waals surface area contributed by atoms with Crippen molar-refractivity contribution in [2.75, 3.05) is 18.9 Å². The summed E-state index contributed by atoms with van der Waals surface area (Å²) in [5.41, 5.74) is 7.77. The Hall–Kier alpha value is -2.22. The first-order valence-electron chi connectivity index (χ1n) is 13.2. The van der Waals surface area contributed by atoms with Gasteiger partial charge in [0.2, 0.25) is 0 Å². The van der Waals surface area contributed by atoms with Gasteiger partial charge in [-0.15, -0.1) is 0 Å². The molecule has 0 amide bonds. The number of imidazole rings is 2. The highest BCUT2D eigenvalue weighted by Crippen LogP contribution is 2.56. The van der Waals surface area contributed by atoms with Crippen molar-refractivity contribution < 1.29 is 41.4 Å². The van der Waals surface area contributed by atoms with Crippen molar-refractivity contribution in [2.45, 2.75) is 56.3 Å². The van der Waals surface area contributed by atoms with Crippen molar-refractivity contribution in [2.24, 2.45) is 5.92 Å². The molecule has 10 atom stereocenters. The number of nitrogens with zero attached hydrogens (tertiary/aromatic N) is 8. The smallest absolute Gasteiger partial charge is 0.325 e. The molecule has 2 aliphatic heterocycles. The van der Waals surface area contributed by atoms with E-state index in [1.807, 2.05) is 0 Å². The highest BCUT2D eigenvalue weighted by atomic mass is 32.5. The molecule has 0 radical (unpaired) electrons. The fourth-order valence-corrected chi connectivity index (χ4v) is 8.75. The molecule has 16 nitrogen and oxygen atoms in total. The van der Waals surface area contributed by atoms with Crippen molar-refractivity contribution in [3.8, 4) is 0 Å². The Morgan fingerprint density at radius 1 is 0.864 bits per heavy atom. The van der Waals surface area contributed by atoms with Crippen LogP contribution in [0.4, 0.5) is 14.6 Å². The van der Waals surface area contributed by atoms with Gasteiger partial charge in [-0.2, -0.15) is 0 Å². The second kappa shape index (κ2) is 11.2. The molecule has 4 aromatic heterocycles. The first-order chi connectivity index (χ1) is 20.9. The molecule has 4 aromatic rings. The summed E-state index contributed by atoms with van der Waals surface area (Å²) in [6.45, 7) is -7.46. The van der Waals surface area contributed by atoms with Crippen LogP contribution in [0.5, 0.6) is 0 Å². The van der Waals surface area contributed by atoms with Crippen LogP contribution in [0.25, 0.3) is 22.3 Å². The van der Waals surface area contributed by atoms with E-state index >= 15 is 8.78 Å². The molecule has 6 heterocycles. The van der Waals surface area contributed by atoms with Gasteiger partial charge < -0.3 is 38.4 Å². The van der Waals surface area contributed by atoms with Crippen LogP contribution in [0.3, 0.4) is 0 Å². The summed E-state index contributed by atoms with van der Waals surface area (Å²) in [7, 11) is 0. The lowest BCUT2D eigenvalue weighted by Crippen LogP contribution is -2.35. The fraction of sp³-hybridized carbons (Fsp3) is 0.545. The zero-order chi connectivity index (χ0) is 31.0. The Labute approximate surface area is 257 Å². The molecule has 1 aliphatic carbocycles. The standard InChI is InChI=1S/C22H25F2N9O7P2S2/c1-9-15-20(28-5-26-9)33(8-30-15)22-14(24)18-12(38-22)4-37-42(35,44)39-17-10(3-36-41(34,43)40-18)2-11(13(17)23)32-7-31-16-19(25)27-6-29-21(16)32/h5-8,10-14,17-18,22H,2-4H2,1H3,(H,34,43)(H,35,44)(H2,25,27,29)/t10-,11-,12-,13+,14-,17-,18-,22-,41?,42?/m1/s1. The first kappa shape index (κ1) is 30.4. The van der Waals surface area contributed by atoms with E-state index in [-0.39, 0.29) is 24.4 Å². The second-order valence-corrected chi connectivity index (χ2v) is 16.1. The number of aromatic nitrogens is 8. The van der Waals surface area contributed by atoms with Gasteiger partial charge in [0.15, 0.2) is 29.5 Å². The number of anilines is 1. The van der Waals surface area contributed by atoms with Crippen molar-refractivity contribution in [3.05, 3.63) is 31.0 Å². The summed E-state index contributed by atoms with van der Waals surface area (Å²) in [5, 5.41) is 0. The van der Waals surface area contributed by atoms with Gasteiger partial charge in [-0.3, -0.25) is 9.09 Å². The molecule has 44 heavy (non-hydrogen) atoms. The van der Waals surface area contributed by atoms with Crippen molar-refractivity contribution in [1.82, 2.24) is 39.0 Å². The number of nitrogens with two attached hydrogens (primary N) is 1. The minimum absolute atomic E-state index is 0.0732. The Bertz CT molecular complexity index is 1710. The van der Waals surface area contributed by atoms with Crippen molar-refractivity contribution in [1.29, 1.82) is 0 Å². The Kier molecular flexibility index (Phi) is 7.77. The van der Waals surface area contributed by atoms with Crippen LogP contribution in [0.1, 0.15) is 24.4 Å². The summed E-state index contributed by atoms with van der Waals surface area (Å²) < 4.78 is 63.4. The molecule has 22 heteroatoms. The summed E-state index contributed by atoms with van der Waals surface area (Å²) in [6.07, 6.45) is -3.78. The number of alkyl halides is 2. The minimum Gasteiger partial charge on any atom is -0.382 e. The van der Waals surface area contributed by atoms with Gasteiger partial charge >= 0.3 is 13.4 Å². The Balaban J connectivity index is 1.17. The van der Waals surface area contributed by atoms with Crippen LogP contribution in [-0.2, 0) is 46.4 Å². The van der Waals surface area contributed by atoms with Crippen molar-refractivity contribution >= 4 is 65.2 Å². The second-order valence-electron chi connectivity index (χ2n) is 10.6. The van der Waals surface area contributed by atoms with E-state index in [0.29, 0.717) is 22.5 Å². The molecule has 2 saturated heterocycles. The molecule has 3 aliphatic rings. The van der Waals surface area contributed by atoms with Gasteiger partial charge in [-0.05, 0) is 37.0 Å². The number of rotatable bonds is 2. The average molecular weight is 692 g/mol. The monoisotopic (exact) mass is 691 g/mol. The number of ether oxygens (including phenoxy) is 1. The molecule has 1 saturated carbocycles. The van der Waals surface area contributed by atoms with E-state index in [4.69, 9.17) is 52.2 Å². The summed E-state index contributed by atoms with van der Waals surface area (Å²) in [4.78, 5) is 46.8. The Morgan fingerprint density at radius 2 is 1.50 bits per heavy atom. The minimum atomic E-state index is -4.14. The van der Waals surface area contributed by atoms with E-state index in [9.17, 15) is 9.79 Å². The highest BCUT2D eigenvalue weighted by molar-refractivity contribution is 8.07. The average Bonchev–Trinajstić information content (AvgIpc) is 3.73. The zero-order valence-corrected chi connectivity index (χ0v) is 26.0. The van der Waals surface area contributed by atoms with Gasteiger partial charge in [-0.25, -0.2) is 38.7 Å². The van der Waals surface area contributed by atoms with E-state index in [0.717, 1.165) is 0 Å². The topological polar surface area (TPSA) is 200 Å². The van der Waals surface area contributed by atoms with E-state index in [2.05, 4.69) is 29.9 Å². The third kappa shape index (κ3) is 5.35. The van der Waals surface area contributed by atoms with Crippen molar-refractivity contribution in [3.63, 3.8) is 0 Å². The summed E-state index contributed by atoms with van der Waals surface area (Å²) in [6, 6.07) is -0.901. The predicted octanol–water partition coefficient (Wildman–Crippen LogP) is 1.94. The summed E-state index contributed by atoms with van der Waals surface area (Å²) >= 11 is 10.5. The van der Waals surface area contributed by atoms with Gasteiger partial charge in [-0.1, -0.05) is 0 Å². The van der Waals surface area contributed by atoms with Crippen LogP contribution >= 0.6 is 13.4 Å².